The van der Waals surface area contributed by atoms with Gasteiger partial charge in [-0.3, -0.25) is 14.3 Å². The van der Waals surface area contributed by atoms with Gasteiger partial charge in [0.15, 0.2) is 6.23 Å². The molecule has 1 saturated heterocycles. The molecule has 0 aliphatic carbocycles. The summed E-state index contributed by atoms with van der Waals surface area (Å²) in [5.41, 5.74) is -0.823. The largest absolute Gasteiger partial charge is 0.394 e. The van der Waals surface area contributed by atoms with Crippen LogP contribution in [0.4, 0.5) is 0 Å². The molecule has 110 valence electrons. The molecule has 0 radical (unpaired) electrons. The van der Waals surface area contributed by atoms with Crippen molar-refractivity contribution in [3.63, 3.8) is 0 Å². The second-order valence-corrected chi connectivity index (χ2v) is 6.09. The highest BCUT2D eigenvalue weighted by Gasteiger charge is 2.35. The zero-order valence-corrected chi connectivity index (χ0v) is 14.4. The van der Waals surface area contributed by atoms with E-state index in [0.29, 0.717) is 9.14 Å². The minimum Gasteiger partial charge on any atom is -0.394 e. The average Bonchev–Trinajstić information content (AvgIpc) is 2.79. The van der Waals surface area contributed by atoms with Crippen molar-refractivity contribution in [3.8, 4) is 0 Å². The summed E-state index contributed by atoms with van der Waals surface area (Å²) in [6.07, 6.45) is -0.734. The second kappa shape index (κ2) is 6.68. The van der Waals surface area contributed by atoms with E-state index in [2.05, 4.69) is 4.98 Å². The van der Waals surface area contributed by atoms with E-state index in [1.807, 2.05) is 45.2 Å². The molecule has 0 amide bonds. The number of aromatic nitrogens is 2. The highest BCUT2D eigenvalue weighted by Crippen LogP contribution is 2.28. The third kappa shape index (κ3) is 3.16. The minimum atomic E-state index is -0.912. The lowest BCUT2D eigenvalue weighted by molar-refractivity contribution is -0.0530. The van der Waals surface area contributed by atoms with Gasteiger partial charge in [0.2, 0.25) is 0 Å². The fourth-order valence-corrected chi connectivity index (χ4v) is 2.72. The quantitative estimate of drug-likeness (QED) is 0.514. The lowest BCUT2D eigenvalue weighted by atomic mass is 10.2. The van der Waals surface area contributed by atoms with Crippen LogP contribution in [0.5, 0.6) is 0 Å². The van der Waals surface area contributed by atoms with Gasteiger partial charge in [-0.2, -0.15) is 0 Å². The summed E-state index contributed by atoms with van der Waals surface area (Å²) >= 11 is 3.97. The molecule has 20 heavy (non-hydrogen) atoms. The minimum absolute atomic E-state index is 0.232. The van der Waals surface area contributed by atoms with Crippen molar-refractivity contribution in [1.82, 2.24) is 9.55 Å². The molecule has 2 heterocycles. The van der Waals surface area contributed by atoms with E-state index in [0.717, 1.165) is 4.57 Å². The maximum Gasteiger partial charge on any atom is 0.330 e. The topological polar surface area (TPSA) is 105 Å². The summed E-state index contributed by atoms with van der Waals surface area (Å²) in [6.45, 7) is -0.232. The van der Waals surface area contributed by atoms with Gasteiger partial charge in [0.05, 0.1) is 18.3 Å². The van der Waals surface area contributed by atoms with Crippen LogP contribution in [0.25, 0.3) is 3.58 Å². The van der Waals surface area contributed by atoms with Gasteiger partial charge in [0.1, 0.15) is 6.10 Å². The predicted molar refractivity (Wildman–Crippen MR) is 89.0 cm³/mol. The summed E-state index contributed by atoms with van der Waals surface area (Å²) in [5, 5.41) is 19.0. The lowest BCUT2D eigenvalue weighted by Gasteiger charge is -2.17. The van der Waals surface area contributed by atoms with Gasteiger partial charge in [-0.25, -0.2) is 4.79 Å². The number of ether oxygens (including phenoxy) is 1. The lowest BCUT2D eigenvalue weighted by Crippen LogP contribution is -2.36. The number of aliphatic hydroxyl groups excluding tert-OH is 2. The van der Waals surface area contributed by atoms with E-state index in [1.165, 1.54) is 6.20 Å². The van der Waals surface area contributed by atoms with Crippen molar-refractivity contribution in [2.45, 2.75) is 24.9 Å². The molecular formula is C11H12I2N2O5. The first kappa shape index (κ1) is 16.1. The smallest absolute Gasteiger partial charge is 0.330 e. The third-order valence-corrected chi connectivity index (χ3v) is 5.67. The SMILES string of the molecule is O=c1[nH]c(=O)n([C@H]2O[C@@H](CO)CC2O)cc1/C(I)=C\I. The number of rotatable bonds is 3. The van der Waals surface area contributed by atoms with Gasteiger partial charge in [-0.15, -0.1) is 0 Å². The first-order chi connectivity index (χ1) is 9.47. The van der Waals surface area contributed by atoms with Gasteiger partial charge in [0.25, 0.3) is 5.56 Å². The molecule has 1 aromatic heterocycles. The highest BCUT2D eigenvalue weighted by atomic mass is 127. The Bertz CT molecular complexity index is 638. The molecule has 1 aromatic rings. The Kier molecular flexibility index (Phi) is 5.39. The normalized spacial score (nSPS) is 27.0. The van der Waals surface area contributed by atoms with Crippen LogP contribution < -0.4 is 11.2 Å². The van der Waals surface area contributed by atoms with E-state index in [1.54, 1.807) is 4.08 Å². The Hall–Kier alpha value is -0.240. The van der Waals surface area contributed by atoms with E-state index < -0.39 is 29.7 Å². The maximum absolute atomic E-state index is 11.9. The first-order valence-corrected chi connectivity index (χ1v) is 8.06. The van der Waals surface area contributed by atoms with Crippen molar-refractivity contribution in [2.24, 2.45) is 0 Å². The number of halogens is 2. The summed E-state index contributed by atoms with van der Waals surface area (Å²) in [5.74, 6) is 0. The first-order valence-electron chi connectivity index (χ1n) is 5.74. The van der Waals surface area contributed by atoms with Crippen molar-refractivity contribution in [2.75, 3.05) is 6.61 Å². The van der Waals surface area contributed by atoms with Crippen molar-refractivity contribution in [3.05, 3.63) is 36.7 Å². The van der Waals surface area contributed by atoms with Crippen LogP contribution >= 0.6 is 45.2 Å². The summed E-state index contributed by atoms with van der Waals surface area (Å²) in [7, 11) is 0. The molecule has 1 fully saturated rings. The number of hydrogen-bond acceptors (Lipinski definition) is 5. The van der Waals surface area contributed by atoms with Crippen LogP contribution in [0.2, 0.25) is 0 Å². The van der Waals surface area contributed by atoms with Gasteiger partial charge in [0, 0.05) is 16.2 Å². The summed E-state index contributed by atoms with van der Waals surface area (Å²) < 4.78 is 8.94. The molecule has 0 bridgehead atoms. The fraction of sp³-hybridized carbons (Fsp3) is 0.455. The van der Waals surface area contributed by atoms with Crippen molar-refractivity contribution < 1.29 is 14.9 Å². The molecular weight excluding hydrogens is 494 g/mol. The maximum atomic E-state index is 11.9. The number of aromatic amines is 1. The predicted octanol–water partition coefficient (Wildman–Crippen LogP) is 0.346. The summed E-state index contributed by atoms with van der Waals surface area (Å²) in [6, 6.07) is 0. The average molecular weight is 506 g/mol. The van der Waals surface area contributed by atoms with Gasteiger partial charge in [-0.1, -0.05) is 22.6 Å². The highest BCUT2D eigenvalue weighted by molar-refractivity contribution is 14.1. The molecule has 1 unspecified atom stereocenters. The molecule has 7 nitrogen and oxygen atoms in total. The Labute approximate surface area is 140 Å². The molecule has 3 atom stereocenters. The van der Waals surface area contributed by atoms with E-state index in [9.17, 15) is 14.7 Å². The fourth-order valence-electron chi connectivity index (χ4n) is 2.00. The number of nitrogens with one attached hydrogen (secondary N) is 1. The van der Waals surface area contributed by atoms with Crippen LogP contribution in [0.15, 0.2) is 19.9 Å². The zero-order valence-electron chi connectivity index (χ0n) is 10.1. The van der Waals surface area contributed by atoms with E-state index >= 15 is 0 Å². The molecule has 0 saturated carbocycles. The number of H-pyrrole nitrogens is 1. The zero-order chi connectivity index (χ0) is 14.9. The standard InChI is InChI=1S/C11H12I2N2O5/c12-2-7(13)6-3-15(11(19)14-9(6)18)10-8(17)1-5(4-16)20-10/h2-3,5,8,10,16-17H,1,4H2,(H,14,18,19)/b7-2+/t5-,8?,10+/m1/s1. The third-order valence-electron chi connectivity index (χ3n) is 2.96. The molecule has 3 N–H and O–H groups in total. The van der Waals surface area contributed by atoms with Gasteiger partial charge in [-0.05, 0) is 26.7 Å². The number of aliphatic hydroxyl groups is 2. The van der Waals surface area contributed by atoms with E-state index in [4.69, 9.17) is 9.84 Å². The molecule has 2 rings (SSSR count). The van der Waals surface area contributed by atoms with Crippen LogP contribution in [-0.4, -0.2) is 38.6 Å². The Morgan fingerprint density at radius 3 is 2.85 bits per heavy atom. The second-order valence-electron chi connectivity index (χ2n) is 4.30. The summed E-state index contributed by atoms with van der Waals surface area (Å²) in [4.78, 5) is 25.8. The van der Waals surface area contributed by atoms with E-state index in [-0.39, 0.29) is 13.0 Å². The Morgan fingerprint density at radius 2 is 2.30 bits per heavy atom. The number of hydrogen-bond donors (Lipinski definition) is 3. The monoisotopic (exact) mass is 506 g/mol. The number of nitrogens with zero attached hydrogens (tertiary/aromatic N) is 1. The Balaban J connectivity index is 2.47. The van der Waals surface area contributed by atoms with Crippen LogP contribution in [0.1, 0.15) is 18.2 Å². The van der Waals surface area contributed by atoms with Crippen LogP contribution in [0, 0.1) is 0 Å². The van der Waals surface area contributed by atoms with Crippen LogP contribution in [0.3, 0.4) is 0 Å². The molecule has 0 spiro atoms. The van der Waals surface area contributed by atoms with Crippen molar-refractivity contribution >= 4 is 48.8 Å². The van der Waals surface area contributed by atoms with Crippen molar-refractivity contribution in [1.29, 1.82) is 0 Å². The van der Waals surface area contributed by atoms with Gasteiger partial charge >= 0.3 is 5.69 Å². The van der Waals surface area contributed by atoms with Gasteiger partial charge < -0.3 is 14.9 Å². The molecule has 1 aliphatic heterocycles. The Morgan fingerprint density at radius 1 is 1.60 bits per heavy atom. The molecule has 0 aromatic carbocycles. The molecule has 1 aliphatic rings. The molecule has 9 heteroatoms. The van der Waals surface area contributed by atoms with Crippen LogP contribution in [-0.2, 0) is 4.74 Å².